The molecule has 0 spiro atoms. The predicted octanol–water partition coefficient (Wildman–Crippen LogP) is 4.50. The molecule has 0 saturated carbocycles. The van der Waals surface area contributed by atoms with Gasteiger partial charge < -0.3 is 5.32 Å². The highest BCUT2D eigenvalue weighted by Crippen LogP contribution is 2.27. The minimum atomic E-state index is -0.313. The minimum Gasteiger partial charge on any atom is -0.381 e. The molecule has 142 valence electrons. The summed E-state index contributed by atoms with van der Waals surface area (Å²) in [5.41, 5.74) is 5.45. The van der Waals surface area contributed by atoms with Crippen molar-refractivity contribution in [3.05, 3.63) is 95.7 Å². The van der Waals surface area contributed by atoms with Gasteiger partial charge in [0, 0.05) is 35.1 Å². The Morgan fingerprint density at radius 1 is 1.17 bits per heavy atom. The third-order valence-electron chi connectivity index (χ3n) is 4.69. The topological polar surface area (TPSA) is 66.5 Å². The number of fused-ring (bicyclic) bond motifs is 1. The Morgan fingerprint density at radius 3 is 2.66 bits per heavy atom. The summed E-state index contributed by atoms with van der Waals surface area (Å²) in [5.74, 6) is -0.313. The minimum absolute atomic E-state index is 0.313. The molecule has 0 aliphatic heterocycles. The summed E-state index contributed by atoms with van der Waals surface area (Å²) in [7, 11) is 0. The molecule has 29 heavy (non-hydrogen) atoms. The molecule has 6 heteroatoms. The van der Waals surface area contributed by atoms with Gasteiger partial charge in [-0.05, 0) is 55.0 Å². The summed E-state index contributed by atoms with van der Waals surface area (Å²) in [6.07, 6.45) is 3.55. The monoisotopic (exact) mass is 383 g/mol. The molecule has 2 aromatic carbocycles. The van der Waals surface area contributed by atoms with Gasteiger partial charge in [0.25, 0.3) is 0 Å². The Balaban J connectivity index is 1.70. The Morgan fingerprint density at radius 2 is 1.97 bits per heavy atom. The number of aryl methyl sites for hydroxylation is 1. The highest BCUT2D eigenvalue weighted by atomic mass is 19.1. The van der Waals surface area contributed by atoms with Gasteiger partial charge >= 0.3 is 0 Å². The van der Waals surface area contributed by atoms with Crippen LogP contribution in [-0.4, -0.2) is 14.8 Å². The zero-order valence-corrected chi connectivity index (χ0v) is 15.9. The predicted molar refractivity (Wildman–Crippen MR) is 111 cm³/mol. The van der Waals surface area contributed by atoms with Crippen molar-refractivity contribution in [2.24, 2.45) is 0 Å². The van der Waals surface area contributed by atoms with Gasteiger partial charge in [-0.15, -0.1) is 0 Å². The fourth-order valence-corrected chi connectivity index (χ4v) is 3.14. The summed E-state index contributed by atoms with van der Waals surface area (Å²) in [6, 6.07) is 15.8. The lowest BCUT2D eigenvalue weighted by Gasteiger charge is -2.12. The number of rotatable bonds is 5. The third-order valence-corrected chi connectivity index (χ3v) is 4.69. The quantitative estimate of drug-likeness (QED) is 0.551. The first-order valence-electron chi connectivity index (χ1n) is 9.07. The van der Waals surface area contributed by atoms with E-state index in [-0.39, 0.29) is 5.82 Å². The molecule has 0 atom stereocenters. The smallest absolute Gasteiger partial charge is 0.123 e. The van der Waals surface area contributed by atoms with Crippen molar-refractivity contribution in [1.29, 1.82) is 5.26 Å². The van der Waals surface area contributed by atoms with Crippen molar-refractivity contribution in [2.45, 2.75) is 13.5 Å². The van der Waals surface area contributed by atoms with Gasteiger partial charge in [-0.25, -0.2) is 9.07 Å². The number of nitrogens with zero attached hydrogens (tertiary/aromatic N) is 4. The lowest BCUT2D eigenvalue weighted by molar-refractivity contribution is 0.627. The van der Waals surface area contributed by atoms with Gasteiger partial charge in [-0.2, -0.15) is 10.4 Å². The van der Waals surface area contributed by atoms with Crippen molar-refractivity contribution < 1.29 is 4.39 Å². The van der Waals surface area contributed by atoms with Crippen LogP contribution in [0.25, 0.3) is 22.3 Å². The molecule has 2 aromatic heterocycles. The SMILES string of the molecule is C=C(NCc1ccc(C)nc1)c1cc(C#N)cc2c1cnn2-c1ccc(F)cc1. The van der Waals surface area contributed by atoms with Crippen LogP contribution in [0.5, 0.6) is 0 Å². The second-order valence-corrected chi connectivity index (χ2v) is 6.74. The van der Waals surface area contributed by atoms with Crippen LogP contribution in [0.15, 0.2) is 67.5 Å². The van der Waals surface area contributed by atoms with E-state index in [2.05, 4.69) is 28.0 Å². The van der Waals surface area contributed by atoms with E-state index in [4.69, 9.17) is 0 Å². The van der Waals surface area contributed by atoms with Gasteiger partial charge in [0.15, 0.2) is 0 Å². The van der Waals surface area contributed by atoms with Crippen molar-refractivity contribution >= 4 is 16.6 Å². The van der Waals surface area contributed by atoms with E-state index in [1.807, 2.05) is 25.3 Å². The first-order valence-corrected chi connectivity index (χ1v) is 9.07. The molecular formula is C23H18FN5. The molecular weight excluding hydrogens is 365 g/mol. The lowest BCUT2D eigenvalue weighted by atomic mass is 10.0. The van der Waals surface area contributed by atoms with Crippen LogP contribution < -0.4 is 5.32 Å². The van der Waals surface area contributed by atoms with E-state index < -0.39 is 0 Å². The molecule has 4 aromatic rings. The number of aromatic nitrogens is 3. The summed E-state index contributed by atoms with van der Waals surface area (Å²) in [5, 5.41) is 18.1. The van der Waals surface area contributed by atoms with Crippen molar-refractivity contribution in [3.63, 3.8) is 0 Å². The zero-order chi connectivity index (χ0) is 20.4. The van der Waals surface area contributed by atoms with Crippen LogP contribution >= 0.6 is 0 Å². The van der Waals surface area contributed by atoms with Crippen LogP contribution in [0.2, 0.25) is 0 Å². The highest BCUT2D eigenvalue weighted by molar-refractivity contribution is 5.93. The van der Waals surface area contributed by atoms with E-state index in [0.29, 0.717) is 23.5 Å². The Kier molecular flexibility index (Phi) is 4.80. The fraction of sp³-hybridized carbons (Fsp3) is 0.0870. The van der Waals surface area contributed by atoms with Gasteiger partial charge in [-0.1, -0.05) is 12.6 Å². The van der Waals surface area contributed by atoms with Crippen molar-refractivity contribution in [1.82, 2.24) is 20.1 Å². The third kappa shape index (κ3) is 3.71. The maximum Gasteiger partial charge on any atom is 0.123 e. The number of nitriles is 1. The van der Waals surface area contributed by atoms with Crippen molar-refractivity contribution in [3.8, 4) is 11.8 Å². The first kappa shape index (κ1) is 18.4. The van der Waals surface area contributed by atoms with Gasteiger partial charge in [0.2, 0.25) is 0 Å². The van der Waals surface area contributed by atoms with Crippen LogP contribution in [0.3, 0.4) is 0 Å². The fourth-order valence-electron chi connectivity index (χ4n) is 3.14. The maximum atomic E-state index is 13.3. The molecule has 0 aliphatic rings. The molecule has 0 amide bonds. The zero-order valence-electron chi connectivity index (χ0n) is 15.9. The number of hydrogen-bond acceptors (Lipinski definition) is 4. The normalized spacial score (nSPS) is 10.7. The van der Waals surface area contributed by atoms with E-state index in [1.54, 1.807) is 35.1 Å². The van der Waals surface area contributed by atoms with E-state index in [0.717, 1.165) is 27.7 Å². The second kappa shape index (κ2) is 7.56. The average Bonchev–Trinajstić information content (AvgIpc) is 3.17. The van der Waals surface area contributed by atoms with Gasteiger partial charge in [0.05, 0.1) is 29.0 Å². The molecule has 0 aliphatic carbocycles. The highest BCUT2D eigenvalue weighted by Gasteiger charge is 2.13. The van der Waals surface area contributed by atoms with E-state index >= 15 is 0 Å². The van der Waals surface area contributed by atoms with Gasteiger partial charge in [0.1, 0.15) is 5.82 Å². The molecule has 2 heterocycles. The molecule has 0 fully saturated rings. The number of benzene rings is 2. The van der Waals surface area contributed by atoms with Crippen molar-refractivity contribution in [2.75, 3.05) is 0 Å². The summed E-state index contributed by atoms with van der Waals surface area (Å²) >= 11 is 0. The second-order valence-electron chi connectivity index (χ2n) is 6.74. The van der Waals surface area contributed by atoms with E-state index in [9.17, 15) is 9.65 Å². The molecule has 4 rings (SSSR count). The maximum absolute atomic E-state index is 13.3. The molecule has 0 bridgehead atoms. The van der Waals surface area contributed by atoms with Crippen LogP contribution in [-0.2, 0) is 6.54 Å². The molecule has 1 N–H and O–H groups in total. The Bertz CT molecular complexity index is 1230. The largest absolute Gasteiger partial charge is 0.381 e. The lowest BCUT2D eigenvalue weighted by Crippen LogP contribution is -2.11. The number of pyridine rings is 1. The standard InChI is InChI=1S/C23H18FN5/c1-15-3-4-17(12-26-15)13-27-16(2)21-9-18(11-25)10-23-22(21)14-28-29(23)20-7-5-19(24)6-8-20/h3-10,12,14,27H,2,13H2,1H3. The van der Waals surface area contributed by atoms with Crippen LogP contribution in [0, 0.1) is 24.1 Å². The van der Waals surface area contributed by atoms with Crippen LogP contribution in [0.1, 0.15) is 22.4 Å². The molecule has 0 saturated heterocycles. The van der Waals surface area contributed by atoms with Crippen LogP contribution in [0.4, 0.5) is 4.39 Å². The Labute approximate surface area is 167 Å². The number of nitrogens with one attached hydrogen (secondary N) is 1. The summed E-state index contributed by atoms with van der Waals surface area (Å²) < 4.78 is 15.0. The molecule has 0 unspecified atom stereocenters. The average molecular weight is 383 g/mol. The van der Waals surface area contributed by atoms with Gasteiger partial charge in [-0.3, -0.25) is 4.98 Å². The summed E-state index contributed by atoms with van der Waals surface area (Å²) in [4.78, 5) is 4.30. The van der Waals surface area contributed by atoms with E-state index in [1.165, 1.54) is 12.1 Å². The number of hydrogen-bond donors (Lipinski definition) is 1. The molecule has 5 nitrogen and oxygen atoms in total. The first-order chi connectivity index (χ1) is 14.0. The Hall–Kier alpha value is -3.98. The summed E-state index contributed by atoms with van der Waals surface area (Å²) in [6.45, 7) is 6.66. The number of halogens is 1. The molecule has 0 radical (unpaired) electrons.